The molecule has 0 spiro atoms. The first-order valence-corrected chi connectivity index (χ1v) is 29.7. The van der Waals surface area contributed by atoms with Gasteiger partial charge in [0.1, 0.15) is 0 Å². The average Bonchev–Trinajstić information content (AvgIpc) is 3.88. The summed E-state index contributed by atoms with van der Waals surface area (Å²) in [5, 5.41) is 7.62. The molecule has 384 valence electrons. The second-order valence-corrected chi connectivity index (χ2v) is 25.4. The number of aryl methyl sites for hydroxylation is 6. The second kappa shape index (κ2) is 20.7. The van der Waals surface area contributed by atoms with Gasteiger partial charge in [-0.1, -0.05) is 242 Å². The van der Waals surface area contributed by atoms with Crippen molar-refractivity contribution in [1.29, 1.82) is 0 Å². The predicted molar refractivity (Wildman–Crippen MR) is 339 cm³/mol. The lowest BCUT2D eigenvalue weighted by Gasteiger charge is -2.34. The molecule has 4 nitrogen and oxygen atoms in total. The van der Waals surface area contributed by atoms with Crippen molar-refractivity contribution in [3.63, 3.8) is 0 Å². The third-order valence-corrected chi connectivity index (χ3v) is 20.9. The summed E-state index contributed by atoms with van der Waals surface area (Å²) >= 11 is 0. The number of hydrogen-bond donors (Lipinski definition) is 0. The van der Waals surface area contributed by atoms with Crippen molar-refractivity contribution in [3.8, 4) is 73.2 Å². The Balaban J connectivity index is 1.12. The Morgan fingerprint density at radius 2 is 0.675 bits per heavy atom. The highest BCUT2D eigenvalue weighted by Crippen LogP contribution is 2.42. The molecule has 0 N–H and O–H groups in total. The molecule has 0 saturated carbocycles. The van der Waals surface area contributed by atoms with Crippen molar-refractivity contribution < 1.29 is 0 Å². The lowest BCUT2D eigenvalue weighted by atomic mass is 9.92. The largest absolute Gasteiger partial charge is 0.309 e. The van der Waals surface area contributed by atoms with E-state index in [9.17, 15) is 0 Å². The van der Waals surface area contributed by atoms with Crippen LogP contribution in [0.15, 0.2) is 255 Å². The van der Waals surface area contributed by atoms with Gasteiger partial charge in [-0.2, -0.15) is 0 Å². The quantitative estimate of drug-likeness (QED) is 0.0958. The first-order valence-electron chi connectivity index (χ1n) is 27.7. The van der Waals surface area contributed by atoms with Gasteiger partial charge in [0.15, 0.2) is 25.5 Å². The maximum atomic E-state index is 5.48. The topological polar surface area (TPSA) is 43.6 Å². The molecular formula is C75H60N4Si. The van der Waals surface area contributed by atoms with E-state index in [1.165, 1.54) is 87.2 Å². The van der Waals surface area contributed by atoms with Gasteiger partial charge < -0.3 is 4.57 Å². The Bertz CT molecular complexity index is 4140. The molecule has 2 aromatic heterocycles. The van der Waals surface area contributed by atoms with Crippen LogP contribution in [-0.4, -0.2) is 27.6 Å². The van der Waals surface area contributed by atoms with E-state index in [4.69, 9.17) is 15.0 Å². The Labute approximate surface area is 470 Å². The van der Waals surface area contributed by atoms with Crippen LogP contribution in [0.5, 0.6) is 0 Å². The van der Waals surface area contributed by atoms with Gasteiger partial charge in [0.2, 0.25) is 0 Å². The highest BCUT2D eigenvalue weighted by atomic mass is 28.3. The molecule has 13 aromatic rings. The monoisotopic (exact) mass is 1040 g/mol. The predicted octanol–water partition coefficient (Wildman–Crippen LogP) is 16.2. The molecular weight excluding hydrogens is 985 g/mol. The lowest BCUT2D eigenvalue weighted by molar-refractivity contribution is 1.07. The summed E-state index contributed by atoms with van der Waals surface area (Å²) in [6.45, 7) is 13.3. The van der Waals surface area contributed by atoms with Crippen LogP contribution in [0.1, 0.15) is 33.4 Å². The maximum absolute atomic E-state index is 5.48. The van der Waals surface area contributed by atoms with Crippen molar-refractivity contribution in [2.24, 2.45) is 0 Å². The number of fused-ring (bicyclic) bond motifs is 3. The van der Waals surface area contributed by atoms with E-state index in [-0.39, 0.29) is 0 Å². The molecule has 0 atom stereocenters. The summed E-state index contributed by atoms with van der Waals surface area (Å²) in [4.78, 5) is 16.2. The van der Waals surface area contributed by atoms with Gasteiger partial charge in [0, 0.05) is 33.2 Å². The minimum absolute atomic E-state index is 0.594. The van der Waals surface area contributed by atoms with Gasteiger partial charge in [-0.05, 0) is 142 Å². The van der Waals surface area contributed by atoms with Crippen molar-refractivity contribution >= 4 is 50.6 Å². The lowest BCUT2D eigenvalue weighted by Crippen LogP contribution is -2.74. The molecule has 13 rings (SSSR count). The Morgan fingerprint density at radius 1 is 0.287 bits per heavy atom. The molecule has 2 heterocycles. The van der Waals surface area contributed by atoms with Crippen molar-refractivity contribution in [2.75, 3.05) is 0 Å². The van der Waals surface area contributed by atoms with Crippen LogP contribution < -0.4 is 20.7 Å². The van der Waals surface area contributed by atoms with E-state index in [1.54, 1.807) is 0 Å². The van der Waals surface area contributed by atoms with Gasteiger partial charge in [-0.15, -0.1) is 0 Å². The van der Waals surface area contributed by atoms with Crippen LogP contribution >= 0.6 is 0 Å². The summed E-state index contributed by atoms with van der Waals surface area (Å²) < 4.78 is 2.48. The van der Waals surface area contributed by atoms with E-state index in [0.29, 0.717) is 17.5 Å². The summed E-state index contributed by atoms with van der Waals surface area (Å²) in [6, 6.07) is 93.6. The molecule has 0 radical (unpaired) electrons. The van der Waals surface area contributed by atoms with Crippen LogP contribution in [0.2, 0.25) is 0 Å². The molecule has 0 aliphatic carbocycles. The zero-order valence-electron chi connectivity index (χ0n) is 46.0. The fourth-order valence-electron chi connectivity index (χ4n) is 12.9. The van der Waals surface area contributed by atoms with Gasteiger partial charge in [-0.3, -0.25) is 0 Å². The smallest absolute Gasteiger partial charge is 0.179 e. The van der Waals surface area contributed by atoms with Crippen LogP contribution in [0.4, 0.5) is 0 Å². The van der Waals surface area contributed by atoms with Crippen LogP contribution in [0.3, 0.4) is 0 Å². The molecule has 11 aromatic carbocycles. The van der Waals surface area contributed by atoms with Gasteiger partial charge in [-0.25, -0.2) is 15.0 Å². The molecule has 5 heteroatoms. The molecule has 0 bridgehead atoms. The fourth-order valence-corrected chi connectivity index (χ4v) is 17.7. The number of aromatic nitrogens is 4. The number of rotatable bonds is 11. The van der Waals surface area contributed by atoms with E-state index >= 15 is 0 Å². The third-order valence-electron chi connectivity index (χ3n) is 16.1. The zero-order valence-corrected chi connectivity index (χ0v) is 47.0. The van der Waals surface area contributed by atoms with Crippen LogP contribution in [0.25, 0.3) is 95.0 Å². The third kappa shape index (κ3) is 8.86. The number of hydrogen-bond acceptors (Lipinski definition) is 3. The second-order valence-electron chi connectivity index (χ2n) is 21.5. The number of benzene rings is 11. The van der Waals surface area contributed by atoms with E-state index < -0.39 is 8.07 Å². The molecule has 0 aliphatic heterocycles. The summed E-state index contributed by atoms with van der Waals surface area (Å²) in [6.07, 6.45) is 0. The molecule has 0 saturated heterocycles. The normalized spacial score (nSPS) is 11.6. The summed E-state index contributed by atoms with van der Waals surface area (Å²) in [7, 11) is -2.92. The highest BCUT2D eigenvalue weighted by Gasteiger charge is 2.41. The van der Waals surface area contributed by atoms with Crippen molar-refractivity contribution in [3.05, 3.63) is 288 Å². The fraction of sp³-hybridized carbons (Fsp3) is 0.0800. The van der Waals surface area contributed by atoms with Crippen LogP contribution in [0, 0.1) is 41.5 Å². The average molecular weight is 1050 g/mol. The van der Waals surface area contributed by atoms with E-state index in [1.807, 2.05) is 36.4 Å². The Morgan fingerprint density at radius 3 is 1.11 bits per heavy atom. The molecule has 0 aliphatic rings. The highest BCUT2D eigenvalue weighted by molar-refractivity contribution is 7.19. The van der Waals surface area contributed by atoms with E-state index in [0.717, 1.165) is 44.5 Å². The van der Waals surface area contributed by atoms with Crippen LogP contribution in [-0.2, 0) is 0 Å². The summed E-state index contributed by atoms with van der Waals surface area (Å²) in [5.41, 5.74) is 20.6. The van der Waals surface area contributed by atoms with Crippen molar-refractivity contribution in [2.45, 2.75) is 41.5 Å². The molecule has 80 heavy (non-hydrogen) atoms. The minimum atomic E-state index is -2.92. The number of nitrogens with zero attached hydrogens (tertiary/aromatic N) is 4. The Hall–Kier alpha value is -9.55. The standard InChI is InChI=1S/C75H60N4Si/c1-49-41-51(3)71(52(4)42-49)58-35-38-66-67-39-36-59(72-53(5)43-50(2)44-54(72)6)47-70(67)79(69(66)46-58)60-37-40-65(68(48-60)75-77-73(55-23-12-7-13-24-55)76-74(78-75)56-25-14-8-15-26-56)57-27-22-34-64(45-57)80(61-28-16-9-17-29-61,62-30-18-10-19-31-62)63-32-20-11-21-33-63/h7-48H,1-6H3. The van der Waals surface area contributed by atoms with E-state index in [2.05, 4.69) is 264 Å². The van der Waals surface area contributed by atoms with Crippen molar-refractivity contribution in [1.82, 2.24) is 19.5 Å². The molecule has 0 fully saturated rings. The minimum Gasteiger partial charge on any atom is -0.309 e. The van der Waals surface area contributed by atoms with Gasteiger partial charge in [0.05, 0.1) is 11.0 Å². The first kappa shape index (κ1) is 50.0. The molecule has 0 unspecified atom stereocenters. The Kier molecular flexibility index (Phi) is 12.9. The first-order chi connectivity index (χ1) is 39.1. The van der Waals surface area contributed by atoms with Gasteiger partial charge >= 0.3 is 0 Å². The molecule has 0 amide bonds. The zero-order chi connectivity index (χ0) is 54.5. The summed E-state index contributed by atoms with van der Waals surface area (Å²) in [5.74, 6) is 1.82. The maximum Gasteiger partial charge on any atom is 0.179 e. The SMILES string of the molecule is Cc1cc(C)c(-c2ccc3c4ccc(-c5c(C)cc(C)cc5C)cc4n(-c4ccc(-c5cccc([Si](c6ccccc6)(c6ccccc6)c6ccccc6)c5)c(-c5nc(-c6ccccc6)nc(-c6ccccc6)n5)c4)c3c2)c(C)c1. The van der Waals surface area contributed by atoms with Gasteiger partial charge in [0.25, 0.3) is 0 Å².